The summed E-state index contributed by atoms with van der Waals surface area (Å²) in [7, 11) is -2.26. The Morgan fingerprint density at radius 2 is 1.67 bits per heavy atom. The molecule has 3 N–H and O–H groups in total. The second-order valence-electron chi connectivity index (χ2n) is 6.31. The molecule has 1 atom stereocenters. The predicted molar refractivity (Wildman–Crippen MR) is 95.4 cm³/mol. The molecule has 9 heteroatoms. The van der Waals surface area contributed by atoms with Crippen molar-refractivity contribution in [1.29, 1.82) is 0 Å². The smallest absolute Gasteiger partial charge is 0.384 e. The van der Waals surface area contributed by atoms with Crippen molar-refractivity contribution in [2.24, 2.45) is 0 Å². The van der Waals surface area contributed by atoms with Gasteiger partial charge in [-0.1, -0.05) is 24.3 Å². The predicted octanol–water partition coefficient (Wildman–Crippen LogP) is 2.61. The molecule has 0 aliphatic heterocycles. The lowest BCUT2D eigenvalue weighted by molar-refractivity contribution is -0.137. The molecule has 0 fully saturated rings. The molecule has 1 unspecified atom stereocenters. The maximum absolute atomic E-state index is 12.8. The molecular weight excluding hydrogens is 381 g/mol. The van der Waals surface area contributed by atoms with Crippen LogP contribution in [0, 0.1) is 0 Å². The molecule has 0 amide bonds. The van der Waals surface area contributed by atoms with E-state index in [4.69, 9.17) is 0 Å². The summed E-state index contributed by atoms with van der Waals surface area (Å²) in [6.07, 6.45) is -4.49. The van der Waals surface area contributed by atoms with Crippen LogP contribution in [0.15, 0.2) is 53.4 Å². The molecular formula is C18H21F3N2O3S. The van der Waals surface area contributed by atoms with Gasteiger partial charge in [-0.3, -0.25) is 0 Å². The van der Waals surface area contributed by atoms with E-state index in [1.807, 2.05) is 0 Å². The minimum absolute atomic E-state index is 0.0166. The van der Waals surface area contributed by atoms with Gasteiger partial charge in [-0.05, 0) is 49.4 Å². The van der Waals surface area contributed by atoms with Gasteiger partial charge in [0.05, 0.1) is 16.1 Å². The number of hydrogen-bond acceptors (Lipinski definition) is 4. The first-order valence-corrected chi connectivity index (χ1v) is 9.57. The second kappa shape index (κ2) is 7.97. The van der Waals surface area contributed by atoms with Crippen LogP contribution in [0.5, 0.6) is 0 Å². The Morgan fingerprint density at radius 1 is 1.04 bits per heavy atom. The molecule has 0 radical (unpaired) electrons. The molecule has 2 aromatic rings. The van der Waals surface area contributed by atoms with Gasteiger partial charge in [-0.25, -0.2) is 13.1 Å². The molecule has 0 spiro atoms. The van der Waals surface area contributed by atoms with Gasteiger partial charge in [0.15, 0.2) is 0 Å². The standard InChI is InChI=1S/C18H21F3N2O3S/c1-17(24,14-6-4-7-15(10-14)18(19,20)21)12-23-11-13-5-3-8-16(9-13)27(25,26)22-2/h3-10,22-24H,11-12H2,1-2H3. The minimum atomic E-state index is -4.49. The van der Waals surface area contributed by atoms with Crippen LogP contribution in [-0.4, -0.2) is 27.1 Å². The monoisotopic (exact) mass is 402 g/mol. The first-order valence-electron chi connectivity index (χ1n) is 8.09. The second-order valence-corrected chi connectivity index (χ2v) is 8.20. The third-order valence-corrected chi connectivity index (χ3v) is 5.50. The summed E-state index contributed by atoms with van der Waals surface area (Å²) >= 11 is 0. The highest BCUT2D eigenvalue weighted by Gasteiger charge is 2.32. The molecule has 0 saturated heterocycles. The van der Waals surface area contributed by atoms with Crippen molar-refractivity contribution < 1.29 is 26.7 Å². The summed E-state index contributed by atoms with van der Waals surface area (Å²) in [5.74, 6) is 0. The van der Waals surface area contributed by atoms with Gasteiger partial charge in [0.25, 0.3) is 0 Å². The number of aliphatic hydroxyl groups is 1. The van der Waals surface area contributed by atoms with E-state index in [9.17, 15) is 26.7 Å². The number of benzene rings is 2. The van der Waals surface area contributed by atoms with Gasteiger partial charge in [0.2, 0.25) is 10.0 Å². The van der Waals surface area contributed by atoms with Crippen LogP contribution in [0.25, 0.3) is 0 Å². The van der Waals surface area contributed by atoms with Crippen molar-refractivity contribution >= 4 is 10.0 Å². The lowest BCUT2D eigenvalue weighted by Crippen LogP contribution is -2.35. The first-order chi connectivity index (χ1) is 12.5. The number of halogens is 3. The van der Waals surface area contributed by atoms with Gasteiger partial charge in [-0.15, -0.1) is 0 Å². The summed E-state index contributed by atoms with van der Waals surface area (Å²) in [5.41, 5.74) is -1.57. The highest BCUT2D eigenvalue weighted by molar-refractivity contribution is 7.89. The summed E-state index contributed by atoms with van der Waals surface area (Å²) in [6, 6.07) is 10.8. The van der Waals surface area contributed by atoms with Gasteiger partial charge in [0.1, 0.15) is 0 Å². The van der Waals surface area contributed by atoms with E-state index in [2.05, 4.69) is 10.0 Å². The Morgan fingerprint density at radius 3 is 2.30 bits per heavy atom. The average molecular weight is 402 g/mol. The number of rotatable bonds is 7. The zero-order chi connectivity index (χ0) is 20.3. The number of nitrogens with one attached hydrogen (secondary N) is 2. The molecule has 0 aliphatic rings. The molecule has 2 aromatic carbocycles. The van der Waals surface area contributed by atoms with Crippen LogP contribution in [0.2, 0.25) is 0 Å². The summed E-state index contributed by atoms with van der Waals surface area (Å²) in [6.45, 7) is 1.64. The highest BCUT2D eigenvalue weighted by atomic mass is 32.2. The third-order valence-electron chi connectivity index (χ3n) is 4.09. The van der Waals surface area contributed by atoms with Crippen molar-refractivity contribution in [2.45, 2.75) is 30.1 Å². The maximum Gasteiger partial charge on any atom is 0.416 e. The fraction of sp³-hybridized carbons (Fsp3) is 0.333. The van der Waals surface area contributed by atoms with E-state index in [1.165, 1.54) is 38.2 Å². The van der Waals surface area contributed by atoms with Crippen molar-refractivity contribution in [1.82, 2.24) is 10.0 Å². The van der Waals surface area contributed by atoms with Crippen LogP contribution < -0.4 is 10.0 Å². The molecule has 0 saturated carbocycles. The van der Waals surface area contributed by atoms with Gasteiger partial charge < -0.3 is 10.4 Å². The molecule has 148 valence electrons. The lowest BCUT2D eigenvalue weighted by Gasteiger charge is -2.25. The van der Waals surface area contributed by atoms with Crippen molar-refractivity contribution in [3.05, 3.63) is 65.2 Å². The first kappa shape index (κ1) is 21.4. The topological polar surface area (TPSA) is 78.4 Å². The highest BCUT2D eigenvalue weighted by Crippen LogP contribution is 2.32. The van der Waals surface area contributed by atoms with Crippen molar-refractivity contribution in [3.8, 4) is 0 Å². The number of hydrogen-bond donors (Lipinski definition) is 3. The number of sulfonamides is 1. The zero-order valence-electron chi connectivity index (χ0n) is 14.8. The normalized spacial score (nSPS) is 14.7. The molecule has 2 rings (SSSR count). The SMILES string of the molecule is CNS(=O)(=O)c1cccc(CNCC(C)(O)c2cccc(C(F)(F)F)c2)c1. The Kier molecular flexibility index (Phi) is 6.31. The largest absolute Gasteiger partial charge is 0.416 e. The Hall–Kier alpha value is -1.94. The molecule has 5 nitrogen and oxygen atoms in total. The van der Waals surface area contributed by atoms with E-state index in [1.54, 1.807) is 12.1 Å². The van der Waals surface area contributed by atoms with E-state index >= 15 is 0 Å². The molecule has 0 aliphatic carbocycles. The molecule has 27 heavy (non-hydrogen) atoms. The van der Waals surface area contributed by atoms with Gasteiger partial charge in [-0.2, -0.15) is 13.2 Å². The Balaban J connectivity index is 2.07. The molecule has 0 heterocycles. The molecule has 0 bridgehead atoms. The van der Waals surface area contributed by atoms with Crippen molar-refractivity contribution in [3.63, 3.8) is 0 Å². The third kappa shape index (κ3) is 5.52. The average Bonchev–Trinajstić information content (AvgIpc) is 2.61. The van der Waals surface area contributed by atoms with Crippen LogP contribution >= 0.6 is 0 Å². The number of alkyl halides is 3. The quantitative estimate of drug-likeness (QED) is 0.665. The zero-order valence-corrected chi connectivity index (χ0v) is 15.7. The van der Waals surface area contributed by atoms with Gasteiger partial charge in [0, 0.05) is 13.1 Å². The maximum atomic E-state index is 12.8. The van der Waals surface area contributed by atoms with Gasteiger partial charge >= 0.3 is 6.18 Å². The summed E-state index contributed by atoms with van der Waals surface area (Å²) < 4.78 is 64.4. The van der Waals surface area contributed by atoms with Crippen LogP contribution in [0.4, 0.5) is 13.2 Å². The van der Waals surface area contributed by atoms with E-state index in [0.29, 0.717) is 5.56 Å². The Bertz CT molecular complexity index is 897. The summed E-state index contributed by atoms with van der Waals surface area (Å²) in [5, 5.41) is 13.5. The van der Waals surface area contributed by atoms with Crippen molar-refractivity contribution in [2.75, 3.05) is 13.6 Å². The van der Waals surface area contributed by atoms with E-state index in [-0.39, 0.29) is 23.5 Å². The fourth-order valence-electron chi connectivity index (χ4n) is 2.52. The molecule has 0 aromatic heterocycles. The van der Waals surface area contributed by atoms with Crippen LogP contribution in [-0.2, 0) is 28.3 Å². The van der Waals surface area contributed by atoms with E-state index < -0.39 is 27.4 Å². The summed E-state index contributed by atoms with van der Waals surface area (Å²) in [4.78, 5) is 0.105. The lowest BCUT2D eigenvalue weighted by atomic mass is 9.94. The van der Waals surface area contributed by atoms with Crippen LogP contribution in [0.3, 0.4) is 0 Å². The minimum Gasteiger partial charge on any atom is -0.384 e. The Labute approximate surface area is 156 Å². The van der Waals surface area contributed by atoms with Crippen LogP contribution in [0.1, 0.15) is 23.6 Å². The fourth-order valence-corrected chi connectivity index (χ4v) is 3.32. The van der Waals surface area contributed by atoms with E-state index in [0.717, 1.165) is 12.1 Å².